The van der Waals surface area contributed by atoms with Crippen molar-refractivity contribution in [2.24, 2.45) is 5.73 Å². The number of carbonyl (C=O) groups excluding carboxylic acids is 2. The monoisotopic (exact) mass is 832 g/mol. The molecule has 0 aromatic carbocycles. The summed E-state index contributed by atoms with van der Waals surface area (Å²) in [5.74, 6) is -2.37. The molecule has 0 rings (SSSR count). The van der Waals surface area contributed by atoms with Gasteiger partial charge in [-0.05, 0) is 38.5 Å². The van der Waals surface area contributed by atoms with E-state index in [1.54, 1.807) is 0 Å². The summed E-state index contributed by atoms with van der Waals surface area (Å²) >= 11 is 0. The van der Waals surface area contributed by atoms with Gasteiger partial charge in [0.1, 0.15) is 12.6 Å². The van der Waals surface area contributed by atoms with E-state index in [0.29, 0.717) is 12.8 Å². The van der Waals surface area contributed by atoms with Crippen LogP contribution in [0.1, 0.15) is 226 Å². The van der Waals surface area contributed by atoms with Crippen LogP contribution >= 0.6 is 7.82 Å². The predicted molar refractivity (Wildman–Crippen MR) is 231 cm³/mol. The molecule has 12 heteroatoms. The SMILES string of the molecule is CCCCCCCCC/C=C\CCCCCCCC(=O)O[C@H](COC(=O)CCCCCCCCCCCCCCCCCCC)COP(=O)(O)OC[C@H](N)C(=O)O. The molecule has 57 heavy (non-hydrogen) atoms. The number of allylic oxidation sites excluding steroid dienone is 2. The van der Waals surface area contributed by atoms with Gasteiger partial charge in [-0.15, -0.1) is 0 Å². The third-order valence-corrected chi connectivity index (χ3v) is 11.2. The normalized spacial score (nSPS) is 13.8. The second-order valence-electron chi connectivity index (χ2n) is 15.9. The van der Waals surface area contributed by atoms with E-state index in [4.69, 9.17) is 24.8 Å². The van der Waals surface area contributed by atoms with Gasteiger partial charge >= 0.3 is 25.7 Å². The lowest BCUT2D eigenvalue weighted by Gasteiger charge is -2.20. The lowest BCUT2D eigenvalue weighted by Crippen LogP contribution is -2.34. The van der Waals surface area contributed by atoms with Crippen LogP contribution in [0.3, 0.4) is 0 Å². The molecular formula is C45H86NO10P. The van der Waals surface area contributed by atoms with Crippen LogP contribution in [0.15, 0.2) is 12.2 Å². The largest absolute Gasteiger partial charge is 0.480 e. The summed E-state index contributed by atoms with van der Waals surface area (Å²) in [6, 6.07) is -1.52. The van der Waals surface area contributed by atoms with E-state index in [1.165, 1.54) is 128 Å². The molecule has 0 aromatic heterocycles. The highest BCUT2D eigenvalue weighted by atomic mass is 31.2. The molecule has 0 radical (unpaired) electrons. The van der Waals surface area contributed by atoms with E-state index in [9.17, 15) is 23.8 Å². The Hall–Kier alpha value is -1.78. The second kappa shape index (κ2) is 41.0. The van der Waals surface area contributed by atoms with Crippen molar-refractivity contribution in [1.29, 1.82) is 0 Å². The molecule has 0 aliphatic heterocycles. The highest BCUT2D eigenvalue weighted by Crippen LogP contribution is 2.43. The third kappa shape index (κ3) is 40.8. The maximum absolute atomic E-state index is 12.6. The second-order valence-corrected chi connectivity index (χ2v) is 17.3. The lowest BCUT2D eigenvalue weighted by molar-refractivity contribution is -0.161. The average molecular weight is 832 g/mol. The molecule has 0 aliphatic carbocycles. The van der Waals surface area contributed by atoms with Crippen molar-refractivity contribution in [3.8, 4) is 0 Å². The molecule has 1 unspecified atom stereocenters. The van der Waals surface area contributed by atoms with Crippen LogP contribution in [0.2, 0.25) is 0 Å². The summed E-state index contributed by atoms with van der Waals surface area (Å²) in [5, 5.41) is 8.90. The summed E-state index contributed by atoms with van der Waals surface area (Å²) in [4.78, 5) is 46.0. The fraction of sp³-hybridized carbons (Fsp3) is 0.889. The first kappa shape index (κ1) is 55.2. The zero-order chi connectivity index (χ0) is 42.1. The first-order valence-corrected chi connectivity index (χ1v) is 24.7. The minimum Gasteiger partial charge on any atom is -0.480 e. The van der Waals surface area contributed by atoms with Crippen molar-refractivity contribution in [2.45, 2.75) is 238 Å². The molecule has 0 heterocycles. The number of carboxylic acids is 1. The molecule has 0 saturated carbocycles. The summed E-state index contributed by atoms with van der Waals surface area (Å²) in [6.45, 7) is 2.83. The number of ether oxygens (including phenoxy) is 2. The maximum atomic E-state index is 12.6. The topological polar surface area (TPSA) is 172 Å². The smallest absolute Gasteiger partial charge is 0.472 e. The molecule has 0 aliphatic rings. The molecule has 0 saturated heterocycles. The van der Waals surface area contributed by atoms with Crippen LogP contribution in [0.4, 0.5) is 0 Å². The first-order valence-electron chi connectivity index (χ1n) is 23.2. The Bertz CT molecular complexity index is 1030. The van der Waals surface area contributed by atoms with Crippen LogP contribution in [-0.2, 0) is 37.5 Å². The highest BCUT2D eigenvalue weighted by molar-refractivity contribution is 7.47. The average Bonchev–Trinajstić information content (AvgIpc) is 3.19. The van der Waals surface area contributed by atoms with Gasteiger partial charge in [-0.2, -0.15) is 0 Å². The number of carboxylic acid groups (broad SMARTS) is 1. The standard InChI is InChI=1S/C45H86NO10P/c1-3-5-7-9-11-13-15-17-19-21-23-24-26-28-30-32-34-36-43(47)53-38-41(39-54-57(51,52)55-40-42(46)45(49)50)56-44(48)37-35-33-31-29-27-25-22-20-18-16-14-12-10-8-6-4-2/h20,22,41-42H,3-19,21,23-40,46H2,1-2H3,(H,49,50)(H,51,52)/b22-20-/t41-,42+/m1/s1. The van der Waals surface area contributed by atoms with E-state index in [1.807, 2.05) is 0 Å². The van der Waals surface area contributed by atoms with Crippen LogP contribution in [0.5, 0.6) is 0 Å². The number of esters is 2. The minimum atomic E-state index is -4.71. The minimum absolute atomic E-state index is 0.156. The first-order chi connectivity index (χ1) is 27.6. The van der Waals surface area contributed by atoms with Crippen molar-refractivity contribution in [2.75, 3.05) is 19.8 Å². The van der Waals surface area contributed by atoms with Gasteiger partial charge in [0.2, 0.25) is 0 Å². The molecule has 0 amide bonds. The van der Waals surface area contributed by atoms with E-state index < -0.39 is 51.1 Å². The maximum Gasteiger partial charge on any atom is 0.472 e. The van der Waals surface area contributed by atoms with Crippen LogP contribution < -0.4 is 5.73 Å². The Kier molecular flexibility index (Phi) is 39.7. The molecule has 11 nitrogen and oxygen atoms in total. The van der Waals surface area contributed by atoms with Gasteiger partial charge in [-0.3, -0.25) is 23.4 Å². The highest BCUT2D eigenvalue weighted by Gasteiger charge is 2.28. The van der Waals surface area contributed by atoms with Gasteiger partial charge < -0.3 is 25.2 Å². The molecule has 4 N–H and O–H groups in total. The van der Waals surface area contributed by atoms with Gasteiger partial charge in [-0.1, -0.05) is 187 Å². The molecule has 0 fully saturated rings. The quantitative estimate of drug-likeness (QED) is 0.0231. The Balaban J connectivity index is 4.30. The van der Waals surface area contributed by atoms with Gasteiger partial charge in [0.05, 0.1) is 13.2 Å². The number of unbranched alkanes of at least 4 members (excludes halogenated alkanes) is 28. The van der Waals surface area contributed by atoms with Crippen LogP contribution in [0.25, 0.3) is 0 Å². The summed E-state index contributed by atoms with van der Waals surface area (Å²) < 4.78 is 32.7. The lowest BCUT2D eigenvalue weighted by atomic mass is 10.0. The van der Waals surface area contributed by atoms with Crippen molar-refractivity contribution in [1.82, 2.24) is 0 Å². The molecular weight excluding hydrogens is 745 g/mol. The number of phosphoric ester groups is 1. The van der Waals surface area contributed by atoms with Gasteiger partial charge in [0.25, 0.3) is 0 Å². The van der Waals surface area contributed by atoms with Crippen molar-refractivity contribution in [3.05, 3.63) is 12.2 Å². The summed E-state index contributed by atoms with van der Waals surface area (Å²) in [6.07, 6.45) is 41.3. The van der Waals surface area contributed by atoms with E-state index in [2.05, 4.69) is 30.5 Å². The van der Waals surface area contributed by atoms with Crippen LogP contribution in [-0.4, -0.2) is 59.9 Å². The third-order valence-electron chi connectivity index (χ3n) is 10.3. The molecule has 336 valence electrons. The number of aliphatic carboxylic acids is 1. The van der Waals surface area contributed by atoms with Crippen molar-refractivity contribution in [3.63, 3.8) is 0 Å². The van der Waals surface area contributed by atoms with E-state index in [-0.39, 0.29) is 19.4 Å². The van der Waals surface area contributed by atoms with Gasteiger partial charge in [-0.25, -0.2) is 4.57 Å². The number of hydrogen-bond acceptors (Lipinski definition) is 9. The Morgan fingerprint density at radius 1 is 0.526 bits per heavy atom. The van der Waals surface area contributed by atoms with E-state index >= 15 is 0 Å². The van der Waals surface area contributed by atoms with Crippen LogP contribution in [0, 0.1) is 0 Å². The number of phosphoric acid groups is 1. The summed E-state index contributed by atoms with van der Waals surface area (Å²) in [5.41, 5.74) is 5.34. The van der Waals surface area contributed by atoms with Crippen molar-refractivity contribution >= 4 is 25.7 Å². The number of nitrogens with two attached hydrogens (primary N) is 1. The molecule has 0 spiro atoms. The number of carbonyl (C=O) groups is 3. The Morgan fingerprint density at radius 2 is 0.877 bits per heavy atom. The zero-order valence-electron chi connectivity index (χ0n) is 36.5. The fourth-order valence-corrected chi connectivity index (χ4v) is 7.37. The van der Waals surface area contributed by atoms with Crippen molar-refractivity contribution < 1.29 is 47.5 Å². The molecule has 0 bridgehead atoms. The Morgan fingerprint density at radius 3 is 1.28 bits per heavy atom. The summed E-state index contributed by atoms with van der Waals surface area (Å²) in [7, 11) is -4.71. The van der Waals surface area contributed by atoms with Gasteiger partial charge in [0.15, 0.2) is 6.10 Å². The Labute approximate surface area is 348 Å². The molecule has 3 atom stereocenters. The molecule has 0 aromatic rings. The fourth-order valence-electron chi connectivity index (χ4n) is 6.59. The number of hydrogen-bond donors (Lipinski definition) is 3. The number of rotatable bonds is 44. The predicted octanol–water partition coefficient (Wildman–Crippen LogP) is 12.5. The van der Waals surface area contributed by atoms with E-state index in [0.717, 1.165) is 57.8 Å². The zero-order valence-corrected chi connectivity index (χ0v) is 37.3. The van der Waals surface area contributed by atoms with Gasteiger partial charge in [0, 0.05) is 12.8 Å².